The van der Waals surface area contributed by atoms with Gasteiger partial charge in [-0.05, 0) is 31.5 Å². The van der Waals surface area contributed by atoms with E-state index < -0.39 is 0 Å². The molecule has 0 atom stereocenters. The third-order valence-electron chi connectivity index (χ3n) is 1.73. The van der Waals surface area contributed by atoms with Crippen LogP contribution in [-0.4, -0.2) is 12.5 Å². The largest absolute Gasteiger partial charge is 0.478 e. The number of rotatable bonds is 2. The molecule has 2 nitrogen and oxygen atoms in total. The Balaban J connectivity index is 2.99. The van der Waals surface area contributed by atoms with Crippen molar-refractivity contribution in [3.63, 3.8) is 0 Å². The number of ether oxygens (including phenoxy) is 1. The average Bonchev–Trinajstić information content (AvgIpc) is 2.09. The third kappa shape index (κ3) is 2.28. The summed E-state index contributed by atoms with van der Waals surface area (Å²) in [6.07, 6.45) is 0. The van der Waals surface area contributed by atoms with E-state index >= 15 is 0 Å². The zero-order valence-electron chi connectivity index (χ0n) is 7.73. The van der Waals surface area contributed by atoms with Crippen LogP contribution >= 0.6 is 0 Å². The molecule has 0 fully saturated rings. The quantitative estimate of drug-likeness (QED) is 0.552. The summed E-state index contributed by atoms with van der Waals surface area (Å²) in [5.41, 5.74) is 1.36. The zero-order valence-corrected chi connectivity index (χ0v) is 7.73. The van der Waals surface area contributed by atoms with E-state index in [2.05, 4.69) is 0 Å². The molecule has 0 spiro atoms. The van der Waals surface area contributed by atoms with E-state index in [4.69, 9.17) is 10.1 Å². The maximum absolute atomic E-state index is 12.8. The van der Waals surface area contributed by atoms with E-state index in [-0.39, 0.29) is 11.7 Å². The molecule has 1 aromatic rings. The van der Waals surface area contributed by atoms with Crippen LogP contribution in [0.2, 0.25) is 0 Å². The number of hydrogen-bond donors (Lipinski definition) is 1. The molecule has 0 saturated heterocycles. The van der Waals surface area contributed by atoms with Crippen molar-refractivity contribution in [1.82, 2.24) is 0 Å². The molecule has 0 unspecified atom stereocenters. The molecule has 1 N–H and O–H groups in total. The molecule has 0 aliphatic rings. The number of aryl methyl sites for hydroxylation is 1. The summed E-state index contributed by atoms with van der Waals surface area (Å²) in [5.74, 6) is -0.315. The Morgan fingerprint density at radius 3 is 2.85 bits per heavy atom. The predicted octanol–water partition coefficient (Wildman–Crippen LogP) is 2.50. The summed E-state index contributed by atoms with van der Waals surface area (Å²) in [5, 5.41) is 7.48. The van der Waals surface area contributed by atoms with Gasteiger partial charge in [-0.2, -0.15) is 0 Å². The molecule has 1 aromatic carbocycles. The molecule has 0 aromatic heterocycles. The summed E-state index contributed by atoms with van der Waals surface area (Å²) in [6, 6.07) is 4.32. The van der Waals surface area contributed by atoms with Crippen molar-refractivity contribution in [2.24, 2.45) is 0 Å². The van der Waals surface area contributed by atoms with Crippen molar-refractivity contribution in [1.29, 1.82) is 5.41 Å². The first kappa shape index (κ1) is 9.71. The van der Waals surface area contributed by atoms with Crippen LogP contribution < -0.4 is 0 Å². The van der Waals surface area contributed by atoms with Gasteiger partial charge in [-0.1, -0.05) is 6.07 Å². The Morgan fingerprint density at radius 2 is 2.23 bits per heavy atom. The highest BCUT2D eigenvalue weighted by atomic mass is 19.1. The lowest BCUT2D eigenvalue weighted by Gasteiger charge is -2.07. The Morgan fingerprint density at radius 1 is 1.54 bits per heavy atom. The highest BCUT2D eigenvalue weighted by molar-refractivity contribution is 5.93. The third-order valence-corrected chi connectivity index (χ3v) is 1.73. The second-order valence-electron chi connectivity index (χ2n) is 2.72. The van der Waals surface area contributed by atoms with E-state index in [1.54, 1.807) is 13.0 Å². The van der Waals surface area contributed by atoms with Gasteiger partial charge in [-0.25, -0.2) is 4.39 Å². The number of halogens is 1. The summed E-state index contributed by atoms with van der Waals surface area (Å²) < 4.78 is 17.8. The van der Waals surface area contributed by atoms with Gasteiger partial charge in [0.25, 0.3) is 0 Å². The average molecular weight is 181 g/mol. The smallest absolute Gasteiger partial charge is 0.213 e. The molecule has 1 rings (SSSR count). The monoisotopic (exact) mass is 181 g/mol. The molecule has 0 radical (unpaired) electrons. The SMILES string of the molecule is CCOC(=N)c1cc(F)ccc1C. The first-order chi connectivity index (χ1) is 6.15. The standard InChI is InChI=1S/C10H12FNO/c1-3-13-10(12)9-6-8(11)5-4-7(9)2/h4-6,12H,3H2,1-2H3. The topological polar surface area (TPSA) is 33.1 Å². The van der Waals surface area contributed by atoms with Crippen LogP contribution in [0.1, 0.15) is 18.1 Å². The lowest BCUT2D eigenvalue weighted by Crippen LogP contribution is -2.06. The Labute approximate surface area is 76.9 Å². The normalized spacial score (nSPS) is 9.77. The van der Waals surface area contributed by atoms with Crippen LogP contribution in [0.5, 0.6) is 0 Å². The molecule has 0 aliphatic carbocycles. The zero-order chi connectivity index (χ0) is 9.84. The molecule has 13 heavy (non-hydrogen) atoms. The highest BCUT2D eigenvalue weighted by Gasteiger charge is 2.06. The molecule has 0 bridgehead atoms. The van der Waals surface area contributed by atoms with E-state index in [9.17, 15) is 4.39 Å². The fourth-order valence-electron chi connectivity index (χ4n) is 1.06. The van der Waals surface area contributed by atoms with Gasteiger partial charge in [0, 0.05) is 5.56 Å². The minimum absolute atomic E-state index is 0.0273. The van der Waals surface area contributed by atoms with E-state index in [0.717, 1.165) is 5.56 Å². The van der Waals surface area contributed by atoms with Gasteiger partial charge >= 0.3 is 0 Å². The Kier molecular flexibility index (Phi) is 3.01. The van der Waals surface area contributed by atoms with Crippen LogP contribution in [0.3, 0.4) is 0 Å². The van der Waals surface area contributed by atoms with E-state index in [1.807, 2.05) is 6.92 Å². The van der Waals surface area contributed by atoms with Crippen molar-refractivity contribution >= 4 is 5.90 Å². The maximum atomic E-state index is 12.8. The number of nitrogens with one attached hydrogen (secondary N) is 1. The van der Waals surface area contributed by atoms with Gasteiger partial charge in [-0.3, -0.25) is 5.41 Å². The van der Waals surface area contributed by atoms with E-state index in [0.29, 0.717) is 12.2 Å². The lowest BCUT2D eigenvalue weighted by molar-refractivity contribution is 0.325. The second kappa shape index (κ2) is 4.03. The molecule has 0 aliphatic heterocycles. The molecular formula is C10H12FNO. The first-order valence-electron chi connectivity index (χ1n) is 4.13. The molecule has 0 amide bonds. The van der Waals surface area contributed by atoms with Crippen LogP contribution in [0.15, 0.2) is 18.2 Å². The lowest BCUT2D eigenvalue weighted by atomic mass is 10.1. The van der Waals surface area contributed by atoms with Crippen molar-refractivity contribution in [2.75, 3.05) is 6.61 Å². The summed E-state index contributed by atoms with van der Waals surface area (Å²) >= 11 is 0. The molecule has 0 heterocycles. The predicted molar refractivity (Wildman–Crippen MR) is 49.6 cm³/mol. The van der Waals surface area contributed by atoms with Crippen LogP contribution in [-0.2, 0) is 4.74 Å². The molecular weight excluding hydrogens is 169 g/mol. The highest BCUT2D eigenvalue weighted by Crippen LogP contribution is 2.11. The molecule has 70 valence electrons. The minimum Gasteiger partial charge on any atom is -0.478 e. The van der Waals surface area contributed by atoms with Gasteiger partial charge in [-0.15, -0.1) is 0 Å². The van der Waals surface area contributed by atoms with Crippen molar-refractivity contribution in [2.45, 2.75) is 13.8 Å². The summed E-state index contributed by atoms with van der Waals surface area (Å²) in [6.45, 7) is 4.04. The minimum atomic E-state index is -0.343. The Bertz CT molecular complexity index is 323. The fraction of sp³-hybridized carbons (Fsp3) is 0.300. The van der Waals surface area contributed by atoms with Crippen molar-refractivity contribution in [3.8, 4) is 0 Å². The van der Waals surface area contributed by atoms with Crippen LogP contribution in [0, 0.1) is 18.2 Å². The molecule has 3 heteroatoms. The van der Waals surface area contributed by atoms with Gasteiger partial charge in [0.15, 0.2) is 0 Å². The van der Waals surface area contributed by atoms with Crippen LogP contribution in [0.25, 0.3) is 0 Å². The summed E-state index contributed by atoms with van der Waals surface area (Å²) in [4.78, 5) is 0. The van der Waals surface area contributed by atoms with Gasteiger partial charge in [0.1, 0.15) is 5.82 Å². The fourth-order valence-corrected chi connectivity index (χ4v) is 1.06. The van der Waals surface area contributed by atoms with Crippen molar-refractivity contribution in [3.05, 3.63) is 35.1 Å². The van der Waals surface area contributed by atoms with Crippen molar-refractivity contribution < 1.29 is 9.13 Å². The summed E-state index contributed by atoms with van der Waals surface area (Å²) in [7, 11) is 0. The van der Waals surface area contributed by atoms with Gasteiger partial charge in [0.2, 0.25) is 5.90 Å². The number of benzene rings is 1. The number of hydrogen-bond acceptors (Lipinski definition) is 2. The molecule has 0 saturated carbocycles. The first-order valence-corrected chi connectivity index (χ1v) is 4.13. The Hall–Kier alpha value is -1.38. The van der Waals surface area contributed by atoms with Gasteiger partial charge < -0.3 is 4.74 Å². The van der Waals surface area contributed by atoms with Crippen LogP contribution in [0.4, 0.5) is 4.39 Å². The maximum Gasteiger partial charge on any atom is 0.213 e. The van der Waals surface area contributed by atoms with Gasteiger partial charge in [0.05, 0.1) is 6.61 Å². The van der Waals surface area contributed by atoms with E-state index in [1.165, 1.54) is 12.1 Å². The second-order valence-corrected chi connectivity index (χ2v) is 2.72.